The van der Waals surface area contributed by atoms with Gasteiger partial charge in [0, 0.05) is 6.20 Å². The van der Waals surface area contributed by atoms with Gasteiger partial charge in [0.15, 0.2) is 6.10 Å². The molecule has 0 spiro atoms. The normalized spacial score (nSPS) is 11.8. The van der Waals surface area contributed by atoms with Crippen molar-refractivity contribution in [3.05, 3.63) is 53.6 Å². The van der Waals surface area contributed by atoms with Crippen molar-refractivity contribution in [2.75, 3.05) is 0 Å². The summed E-state index contributed by atoms with van der Waals surface area (Å²) in [6.45, 7) is 6.11. The Balaban J connectivity index is 1.94. The van der Waals surface area contributed by atoms with Crippen LogP contribution >= 0.6 is 0 Å². The van der Waals surface area contributed by atoms with Crippen LogP contribution in [0.4, 0.5) is 0 Å². The third kappa shape index (κ3) is 4.55. The Kier molecular flexibility index (Phi) is 5.47. The molecule has 0 saturated carbocycles. The Morgan fingerprint density at radius 3 is 2.82 bits per heavy atom. The first-order chi connectivity index (χ1) is 10.6. The number of nitrogens with one attached hydrogen (secondary N) is 1. The molecule has 1 heterocycles. The Bertz CT molecular complexity index is 643. The van der Waals surface area contributed by atoms with E-state index >= 15 is 0 Å². The molecule has 1 aromatic carbocycles. The van der Waals surface area contributed by atoms with E-state index < -0.39 is 6.10 Å². The fraction of sp³-hybridized carbons (Fsp3) is 0.353. The molecular formula is C17H21N3O2. The number of benzene rings is 1. The molecule has 0 aliphatic heterocycles. The smallest absolute Gasteiger partial charge is 0.261 e. The van der Waals surface area contributed by atoms with Gasteiger partial charge in [0.2, 0.25) is 0 Å². The molecule has 5 heteroatoms. The highest BCUT2D eigenvalue weighted by atomic mass is 16.5. The van der Waals surface area contributed by atoms with Crippen LogP contribution < -0.4 is 10.1 Å². The number of amides is 1. The van der Waals surface area contributed by atoms with Crippen LogP contribution in [0.2, 0.25) is 0 Å². The molecule has 0 aliphatic carbocycles. The molecule has 2 aromatic rings. The van der Waals surface area contributed by atoms with Crippen LogP contribution in [0.25, 0.3) is 0 Å². The van der Waals surface area contributed by atoms with Crippen LogP contribution in [0.15, 0.2) is 36.5 Å². The fourth-order valence-corrected chi connectivity index (χ4v) is 2.07. The molecule has 22 heavy (non-hydrogen) atoms. The Morgan fingerprint density at radius 2 is 2.14 bits per heavy atom. The zero-order valence-electron chi connectivity index (χ0n) is 13.2. The molecule has 0 aliphatic rings. The third-order valence-corrected chi connectivity index (χ3v) is 3.21. The standard InChI is InChI=1S/C17H21N3O2/c1-4-16(22-15-7-5-6-12(2)10-15)17(21)19-11-14-8-9-18-13(3)20-14/h5-10,16H,4,11H2,1-3H3,(H,19,21)/t16-/m1/s1. The van der Waals surface area contributed by atoms with Crippen LogP contribution in [0.3, 0.4) is 0 Å². The maximum absolute atomic E-state index is 12.2. The van der Waals surface area contributed by atoms with Crippen molar-refractivity contribution in [2.24, 2.45) is 0 Å². The maximum atomic E-state index is 12.2. The molecule has 1 atom stereocenters. The average Bonchev–Trinajstić information content (AvgIpc) is 2.50. The average molecular weight is 299 g/mol. The zero-order valence-corrected chi connectivity index (χ0v) is 13.2. The molecule has 2 rings (SSSR count). The van der Waals surface area contributed by atoms with E-state index in [9.17, 15) is 4.79 Å². The van der Waals surface area contributed by atoms with Gasteiger partial charge in [-0.05, 0) is 44.0 Å². The molecule has 0 unspecified atom stereocenters. The Hall–Kier alpha value is -2.43. The van der Waals surface area contributed by atoms with Gasteiger partial charge in [-0.25, -0.2) is 9.97 Å². The first kappa shape index (κ1) is 15.9. The van der Waals surface area contributed by atoms with E-state index in [2.05, 4.69) is 15.3 Å². The Morgan fingerprint density at radius 1 is 1.32 bits per heavy atom. The lowest BCUT2D eigenvalue weighted by Crippen LogP contribution is -2.37. The van der Waals surface area contributed by atoms with Gasteiger partial charge < -0.3 is 10.1 Å². The highest BCUT2D eigenvalue weighted by molar-refractivity contribution is 5.81. The molecule has 116 valence electrons. The summed E-state index contributed by atoms with van der Waals surface area (Å²) in [5.74, 6) is 1.26. The number of carbonyl (C=O) groups excluding carboxylic acids is 1. The molecule has 5 nitrogen and oxygen atoms in total. The topological polar surface area (TPSA) is 64.1 Å². The molecule has 1 aromatic heterocycles. The van der Waals surface area contributed by atoms with E-state index in [4.69, 9.17) is 4.74 Å². The molecule has 0 bridgehead atoms. The van der Waals surface area contributed by atoms with E-state index in [0.717, 1.165) is 11.3 Å². The molecule has 0 fully saturated rings. The van der Waals surface area contributed by atoms with Gasteiger partial charge in [-0.2, -0.15) is 0 Å². The van der Waals surface area contributed by atoms with Crippen LogP contribution in [-0.4, -0.2) is 22.0 Å². The van der Waals surface area contributed by atoms with Crippen molar-refractivity contribution in [2.45, 2.75) is 39.8 Å². The van der Waals surface area contributed by atoms with Gasteiger partial charge in [0.05, 0.1) is 12.2 Å². The van der Waals surface area contributed by atoms with E-state index in [1.54, 1.807) is 12.3 Å². The van der Waals surface area contributed by atoms with Crippen molar-refractivity contribution in [1.82, 2.24) is 15.3 Å². The van der Waals surface area contributed by atoms with Gasteiger partial charge in [-0.15, -0.1) is 0 Å². The lowest BCUT2D eigenvalue weighted by atomic mass is 10.2. The predicted molar refractivity (Wildman–Crippen MR) is 84.5 cm³/mol. The molecule has 0 saturated heterocycles. The summed E-state index contributed by atoms with van der Waals surface area (Å²) in [5.41, 5.74) is 1.88. The number of carbonyl (C=O) groups is 1. The first-order valence-corrected chi connectivity index (χ1v) is 7.38. The molecule has 1 N–H and O–H groups in total. The van der Waals surface area contributed by atoms with Gasteiger partial charge in [0.1, 0.15) is 11.6 Å². The van der Waals surface area contributed by atoms with Crippen LogP contribution in [0, 0.1) is 13.8 Å². The van der Waals surface area contributed by atoms with Crippen LogP contribution in [0.1, 0.15) is 30.4 Å². The summed E-state index contributed by atoms with van der Waals surface area (Å²) in [4.78, 5) is 20.5. The summed E-state index contributed by atoms with van der Waals surface area (Å²) >= 11 is 0. The van der Waals surface area contributed by atoms with Crippen molar-refractivity contribution in [3.63, 3.8) is 0 Å². The Labute approximate surface area is 130 Å². The summed E-state index contributed by atoms with van der Waals surface area (Å²) in [7, 11) is 0. The fourth-order valence-electron chi connectivity index (χ4n) is 2.07. The van der Waals surface area contributed by atoms with Gasteiger partial charge in [0.25, 0.3) is 5.91 Å². The summed E-state index contributed by atoms with van der Waals surface area (Å²) in [6.07, 6.45) is 1.78. The van der Waals surface area contributed by atoms with Gasteiger partial charge in [-0.3, -0.25) is 4.79 Å². The number of aromatic nitrogens is 2. The van der Waals surface area contributed by atoms with Gasteiger partial charge >= 0.3 is 0 Å². The minimum absolute atomic E-state index is 0.139. The van der Waals surface area contributed by atoms with E-state index in [1.165, 1.54) is 0 Å². The lowest BCUT2D eigenvalue weighted by molar-refractivity contribution is -0.128. The van der Waals surface area contributed by atoms with E-state index in [1.807, 2.05) is 45.0 Å². The number of ether oxygens (including phenoxy) is 1. The number of nitrogens with zero attached hydrogens (tertiary/aromatic N) is 2. The minimum Gasteiger partial charge on any atom is -0.481 e. The highest BCUT2D eigenvalue weighted by Crippen LogP contribution is 2.15. The number of aryl methyl sites for hydroxylation is 2. The second-order valence-electron chi connectivity index (χ2n) is 5.14. The summed E-state index contributed by atoms with van der Waals surface area (Å²) in [5, 5.41) is 2.86. The van der Waals surface area contributed by atoms with Crippen LogP contribution in [0.5, 0.6) is 5.75 Å². The lowest BCUT2D eigenvalue weighted by Gasteiger charge is -2.17. The van der Waals surface area contributed by atoms with Crippen LogP contribution in [-0.2, 0) is 11.3 Å². The highest BCUT2D eigenvalue weighted by Gasteiger charge is 2.18. The largest absolute Gasteiger partial charge is 0.481 e. The number of rotatable bonds is 6. The first-order valence-electron chi connectivity index (χ1n) is 7.38. The minimum atomic E-state index is -0.510. The van der Waals surface area contributed by atoms with Crippen molar-refractivity contribution in [3.8, 4) is 5.75 Å². The van der Waals surface area contributed by atoms with Gasteiger partial charge in [-0.1, -0.05) is 19.1 Å². The van der Waals surface area contributed by atoms with Crippen molar-refractivity contribution in [1.29, 1.82) is 0 Å². The van der Waals surface area contributed by atoms with Crippen molar-refractivity contribution >= 4 is 5.91 Å². The summed E-state index contributed by atoms with van der Waals surface area (Å²) in [6, 6.07) is 9.47. The second kappa shape index (κ2) is 7.54. The number of hydrogen-bond donors (Lipinski definition) is 1. The predicted octanol–water partition coefficient (Wildman–Crippen LogP) is 2.57. The molecular weight excluding hydrogens is 278 g/mol. The van der Waals surface area contributed by atoms with E-state index in [-0.39, 0.29) is 5.91 Å². The SMILES string of the molecule is CC[C@@H](Oc1cccc(C)c1)C(=O)NCc1ccnc(C)n1. The molecule has 0 radical (unpaired) electrons. The maximum Gasteiger partial charge on any atom is 0.261 e. The van der Waals surface area contributed by atoms with Crippen molar-refractivity contribution < 1.29 is 9.53 Å². The van der Waals surface area contributed by atoms with E-state index in [0.29, 0.717) is 24.5 Å². The third-order valence-electron chi connectivity index (χ3n) is 3.21. The second-order valence-corrected chi connectivity index (χ2v) is 5.14. The monoisotopic (exact) mass is 299 g/mol. The summed E-state index contributed by atoms with van der Waals surface area (Å²) < 4.78 is 5.77. The number of hydrogen-bond acceptors (Lipinski definition) is 4. The molecule has 1 amide bonds. The quantitative estimate of drug-likeness (QED) is 0.890. The zero-order chi connectivity index (χ0) is 15.9.